The number of carbonyl (C=O) groups is 1. The number of primary amides is 1. The molecule has 0 atom stereocenters. The maximum absolute atomic E-state index is 11.0. The number of rotatable bonds is 4. The summed E-state index contributed by atoms with van der Waals surface area (Å²) in [5, 5.41) is 4.61. The summed E-state index contributed by atoms with van der Waals surface area (Å²) in [6, 6.07) is 5.61. The van der Waals surface area contributed by atoms with Crippen LogP contribution in [-0.2, 0) is 6.42 Å². The van der Waals surface area contributed by atoms with Crippen LogP contribution in [0.3, 0.4) is 0 Å². The van der Waals surface area contributed by atoms with Crippen LogP contribution < -0.4 is 11.5 Å². The molecule has 0 aliphatic rings. The molecule has 4 N–H and O–H groups in total. The number of amides is 1. The lowest BCUT2D eigenvalue weighted by Gasteiger charge is -2.06. The summed E-state index contributed by atoms with van der Waals surface area (Å²) >= 11 is 6.17. The van der Waals surface area contributed by atoms with Crippen LogP contribution in [0, 0.1) is 0 Å². The van der Waals surface area contributed by atoms with Gasteiger partial charge in [-0.05, 0) is 30.7 Å². The molecule has 5 nitrogen and oxygen atoms in total. The number of aromatic nitrogens is 2. The molecule has 18 heavy (non-hydrogen) atoms. The molecule has 2 rings (SSSR count). The van der Waals surface area contributed by atoms with Crippen molar-refractivity contribution in [2.75, 3.05) is 6.54 Å². The van der Waals surface area contributed by atoms with Crippen molar-refractivity contribution >= 4 is 17.5 Å². The fourth-order valence-electron chi connectivity index (χ4n) is 1.64. The Kier molecular flexibility index (Phi) is 3.64. The van der Waals surface area contributed by atoms with Crippen LogP contribution in [0.1, 0.15) is 15.9 Å². The van der Waals surface area contributed by atoms with Gasteiger partial charge in [0.05, 0.1) is 22.5 Å². The van der Waals surface area contributed by atoms with Crippen LogP contribution in [-0.4, -0.2) is 22.2 Å². The molecule has 1 aromatic carbocycles. The smallest absolute Gasteiger partial charge is 0.251 e. The minimum absolute atomic E-state index is 0.345. The highest BCUT2D eigenvalue weighted by Gasteiger charge is 2.08. The van der Waals surface area contributed by atoms with E-state index in [0.29, 0.717) is 22.8 Å². The van der Waals surface area contributed by atoms with Gasteiger partial charge in [-0.25, -0.2) is 4.68 Å². The van der Waals surface area contributed by atoms with Crippen LogP contribution in [0.25, 0.3) is 5.69 Å². The van der Waals surface area contributed by atoms with E-state index in [0.717, 1.165) is 12.0 Å². The molecule has 0 aliphatic heterocycles. The molecule has 1 aromatic heterocycles. The van der Waals surface area contributed by atoms with Crippen molar-refractivity contribution in [3.63, 3.8) is 0 Å². The van der Waals surface area contributed by atoms with E-state index < -0.39 is 5.91 Å². The molecule has 2 aromatic rings. The van der Waals surface area contributed by atoms with Crippen LogP contribution in [0.4, 0.5) is 0 Å². The lowest BCUT2D eigenvalue weighted by Crippen LogP contribution is -2.09. The molecule has 6 heteroatoms. The third kappa shape index (κ3) is 2.52. The molecule has 0 spiro atoms. The fourth-order valence-corrected chi connectivity index (χ4v) is 1.93. The van der Waals surface area contributed by atoms with Gasteiger partial charge in [-0.15, -0.1) is 0 Å². The van der Waals surface area contributed by atoms with Crippen LogP contribution in [0.5, 0.6) is 0 Å². The standard InChI is InChI=1S/C12H13ClN4O/c13-10-5-8(3-4-14)1-2-11(10)17-7-9(6-16-17)12(15)18/h1-2,5-7H,3-4,14H2,(H2,15,18). The molecule has 0 unspecified atom stereocenters. The number of benzene rings is 1. The lowest BCUT2D eigenvalue weighted by atomic mass is 10.1. The molecule has 0 bridgehead atoms. The van der Waals surface area contributed by atoms with Crippen LogP contribution in [0.15, 0.2) is 30.6 Å². The predicted octanol–water partition coefficient (Wildman–Crippen LogP) is 1.13. The highest BCUT2D eigenvalue weighted by Crippen LogP contribution is 2.21. The van der Waals surface area contributed by atoms with Gasteiger partial charge in [0.2, 0.25) is 0 Å². The van der Waals surface area contributed by atoms with Gasteiger partial charge in [0.25, 0.3) is 5.91 Å². The van der Waals surface area contributed by atoms with E-state index in [1.807, 2.05) is 18.2 Å². The Morgan fingerprint density at radius 2 is 2.22 bits per heavy atom. The van der Waals surface area contributed by atoms with Crippen molar-refractivity contribution < 1.29 is 4.79 Å². The number of carbonyl (C=O) groups excluding carboxylic acids is 1. The second-order valence-corrected chi connectivity index (χ2v) is 4.27. The zero-order chi connectivity index (χ0) is 13.1. The van der Waals surface area contributed by atoms with Gasteiger partial charge < -0.3 is 11.5 Å². The topological polar surface area (TPSA) is 86.9 Å². The lowest BCUT2D eigenvalue weighted by molar-refractivity contribution is 0.100. The van der Waals surface area contributed by atoms with Gasteiger partial charge in [-0.3, -0.25) is 4.79 Å². The van der Waals surface area contributed by atoms with Crippen molar-refractivity contribution in [2.45, 2.75) is 6.42 Å². The monoisotopic (exact) mass is 264 g/mol. The first kappa shape index (κ1) is 12.6. The van der Waals surface area contributed by atoms with Crippen molar-refractivity contribution in [3.05, 3.63) is 46.7 Å². The number of hydrogen-bond donors (Lipinski definition) is 2. The molecular weight excluding hydrogens is 252 g/mol. The first-order valence-corrected chi connectivity index (χ1v) is 5.83. The Morgan fingerprint density at radius 1 is 1.44 bits per heavy atom. The van der Waals surface area contributed by atoms with E-state index >= 15 is 0 Å². The van der Waals surface area contributed by atoms with Gasteiger partial charge >= 0.3 is 0 Å². The Bertz CT molecular complexity index is 579. The molecule has 94 valence electrons. The van der Waals surface area contributed by atoms with E-state index in [4.69, 9.17) is 23.1 Å². The summed E-state index contributed by atoms with van der Waals surface area (Å²) in [7, 11) is 0. The summed E-state index contributed by atoms with van der Waals surface area (Å²) in [6.07, 6.45) is 3.73. The van der Waals surface area contributed by atoms with Crippen molar-refractivity contribution in [2.24, 2.45) is 11.5 Å². The van der Waals surface area contributed by atoms with E-state index in [1.54, 1.807) is 6.20 Å². The second-order valence-electron chi connectivity index (χ2n) is 3.86. The van der Waals surface area contributed by atoms with E-state index in [-0.39, 0.29) is 0 Å². The Hall–Kier alpha value is -1.85. The Labute approximate surface area is 109 Å². The third-order valence-corrected chi connectivity index (χ3v) is 2.86. The summed E-state index contributed by atoms with van der Waals surface area (Å²) < 4.78 is 1.52. The number of nitrogens with two attached hydrogens (primary N) is 2. The third-order valence-electron chi connectivity index (χ3n) is 2.56. The maximum atomic E-state index is 11.0. The predicted molar refractivity (Wildman–Crippen MR) is 69.9 cm³/mol. The highest BCUT2D eigenvalue weighted by molar-refractivity contribution is 6.32. The van der Waals surface area contributed by atoms with Crippen molar-refractivity contribution in [3.8, 4) is 5.69 Å². The molecule has 0 saturated heterocycles. The number of halogens is 1. The molecule has 1 amide bonds. The Morgan fingerprint density at radius 3 is 2.78 bits per heavy atom. The number of hydrogen-bond acceptors (Lipinski definition) is 3. The SMILES string of the molecule is NCCc1ccc(-n2cc(C(N)=O)cn2)c(Cl)c1. The zero-order valence-corrected chi connectivity index (χ0v) is 10.4. The molecular formula is C12H13ClN4O. The average molecular weight is 265 g/mol. The maximum Gasteiger partial charge on any atom is 0.251 e. The van der Waals surface area contributed by atoms with Gasteiger partial charge in [0, 0.05) is 6.20 Å². The second kappa shape index (κ2) is 5.20. The number of nitrogens with zero attached hydrogens (tertiary/aromatic N) is 2. The normalized spacial score (nSPS) is 10.6. The zero-order valence-electron chi connectivity index (χ0n) is 9.64. The molecule has 0 aliphatic carbocycles. The van der Waals surface area contributed by atoms with Gasteiger partial charge in [0.15, 0.2) is 0 Å². The van der Waals surface area contributed by atoms with Gasteiger partial charge in [0.1, 0.15) is 0 Å². The summed E-state index contributed by atoms with van der Waals surface area (Å²) in [5.74, 6) is -0.517. The largest absolute Gasteiger partial charge is 0.366 e. The van der Waals surface area contributed by atoms with Gasteiger partial charge in [-0.2, -0.15) is 5.10 Å². The fraction of sp³-hybridized carbons (Fsp3) is 0.167. The molecule has 0 saturated carbocycles. The van der Waals surface area contributed by atoms with Crippen LogP contribution >= 0.6 is 11.6 Å². The molecule has 0 fully saturated rings. The Balaban J connectivity index is 2.35. The minimum atomic E-state index is -0.517. The quantitative estimate of drug-likeness (QED) is 0.868. The van der Waals surface area contributed by atoms with Crippen molar-refractivity contribution in [1.29, 1.82) is 0 Å². The van der Waals surface area contributed by atoms with Gasteiger partial charge in [-0.1, -0.05) is 17.7 Å². The summed E-state index contributed by atoms with van der Waals surface area (Å²) in [4.78, 5) is 11.0. The molecule has 1 heterocycles. The highest BCUT2D eigenvalue weighted by atomic mass is 35.5. The first-order valence-electron chi connectivity index (χ1n) is 5.45. The van der Waals surface area contributed by atoms with Crippen molar-refractivity contribution in [1.82, 2.24) is 9.78 Å². The van der Waals surface area contributed by atoms with E-state index in [2.05, 4.69) is 5.10 Å². The first-order chi connectivity index (χ1) is 8.61. The molecule has 0 radical (unpaired) electrons. The average Bonchev–Trinajstić information content (AvgIpc) is 2.79. The summed E-state index contributed by atoms with van der Waals surface area (Å²) in [6.45, 7) is 0.573. The van der Waals surface area contributed by atoms with E-state index in [1.165, 1.54) is 10.9 Å². The summed E-state index contributed by atoms with van der Waals surface area (Å²) in [5.41, 5.74) is 12.8. The van der Waals surface area contributed by atoms with Crippen LogP contribution in [0.2, 0.25) is 5.02 Å². The minimum Gasteiger partial charge on any atom is -0.366 e. The van der Waals surface area contributed by atoms with E-state index in [9.17, 15) is 4.79 Å².